The number of thiophene rings is 2. The number of aromatic nitrogens is 2. The second-order valence-corrected chi connectivity index (χ2v) is 9.49. The number of piperidine rings is 1. The summed E-state index contributed by atoms with van der Waals surface area (Å²) >= 11 is 3.14. The Bertz CT molecular complexity index is 1040. The van der Waals surface area contributed by atoms with E-state index in [0.29, 0.717) is 5.39 Å². The molecule has 4 heterocycles. The van der Waals surface area contributed by atoms with Crippen molar-refractivity contribution in [3.8, 4) is 10.4 Å². The first-order valence-corrected chi connectivity index (χ1v) is 11.0. The van der Waals surface area contributed by atoms with Gasteiger partial charge in [-0.3, -0.25) is 14.2 Å². The number of fused-ring (bicyclic) bond motifs is 1. The van der Waals surface area contributed by atoms with Crippen LogP contribution < -0.4 is 5.56 Å². The van der Waals surface area contributed by atoms with Gasteiger partial charge in [0.15, 0.2) is 0 Å². The van der Waals surface area contributed by atoms with Gasteiger partial charge in [0.1, 0.15) is 11.4 Å². The van der Waals surface area contributed by atoms with Crippen molar-refractivity contribution in [1.29, 1.82) is 0 Å². The highest BCUT2D eigenvalue weighted by atomic mass is 32.1. The molecule has 4 rings (SSSR count). The van der Waals surface area contributed by atoms with Crippen LogP contribution in [0.2, 0.25) is 0 Å². The summed E-state index contributed by atoms with van der Waals surface area (Å²) in [5.41, 5.74) is 0.792. The van der Waals surface area contributed by atoms with Gasteiger partial charge in [-0.05, 0) is 52.2 Å². The Hall–Kier alpha value is -1.99. The standard InChI is InChI=1S/C20H23N3O2S2/c1-12-5-4-6-13(2)23(12)17(24)9-22-11-21-19-18(20(22)25)15(10-26-19)16-8-7-14(3)27-16/h7-8,10-13H,4-6,9H2,1-3H3/t12-,13-/m0/s1. The van der Waals surface area contributed by atoms with Crippen molar-refractivity contribution in [2.45, 2.75) is 58.7 Å². The molecular formula is C20H23N3O2S2. The average Bonchev–Trinajstić information content (AvgIpc) is 3.23. The van der Waals surface area contributed by atoms with Crippen LogP contribution in [0.15, 0.2) is 28.6 Å². The van der Waals surface area contributed by atoms with Crippen molar-refractivity contribution in [3.63, 3.8) is 0 Å². The van der Waals surface area contributed by atoms with Crippen molar-refractivity contribution in [3.05, 3.63) is 39.1 Å². The minimum Gasteiger partial charge on any atom is -0.336 e. The number of rotatable bonds is 3. The van der Waals surface area contributed by atoms with Gasteiger partial charge in [0.25, 0.3) is 5.56 Å². The second kappa shape index (κ2) is 7.20. The highest BCUT2D eigenvalue weighted by Gasteiger charge is 2.29. The summed E-state index contributed by atoms with van der Waals surface area (Å²) in [4.78, 5) is 35.4. The number of hydrogen-bond acceptors (Lipinski definition) is 5. The van der Waals surface area contributed by atoms with E-state index in [-0.39, 0.29) is 30.1 Å². The summed E-state index contributed by atoms with van der Waals surface area (Å²) in [6.07, 6.45) is 4.71. The number of likely N-dealkylation sites (tertiary alicyclic amines) is 1. The molecule has 3 aromatic heterocycles. The number of hydrogen-bond donors (Lipinski definition) is 0. The van der Waals surface area contributed by atoms with Gasteiger partial charge in [-0.15, -0.1) is 22.7 Å². The van der Waals surface area contributed by atoms with Gasteiger partial charge >= 0.3 is 0 Å². The quantitative estimate of drug-likeness (QED) is 0.658. The van der Waals surface area contributed by atoms with Crippen molar-refractivity contribution >= 4 is 38.8 Å². The molecule has 0 bridgehead atoms. The normalized spacial score (nSPS) is 20.3. The highest BCUT2D eigenvalue weighted by molar-refractivity contribution is 7.19. The molecule has 1 aliphatic rings. The van der Waals surface area contributed by atoms with Crippen LogP contribution in [0.3, 0.4) is 0 Å². The van der Waals surface area contributed by atoms with Crippen molar-refractivity contribution in [2.24, 2.45) is 0 Å². The first-order chi connectivity index (χ1) is 13.0. The number of aryl methyl sites for hydroxylation is 1. The first kappa shape index (κ1) is 18.4. The molecule has 2 atom stereocenters. The van der Waals surface area contributed by atoms with Crippen molar-refractivity contribution in [2.75, 3.05) is 0 Å². The Morgan fingerprint density at radius 1 is 1.26 bits per heavy atom. The lowest BCUT2D eigenvalue weighted by atomic mass is 9.97. The SMILES string of the molecule is Cc1ccc(-c2csc3ncn(CC(=O)N4[C@@H](C)CCC[C@@H]4C)c(=O)c23)s1. The minimum absolute atomic E-state index is 0.00157. The Morgan fingerprint density at radius 3 is 2.67 bits per heavy atom. The summed E-state index contributed by atoms with van der Waals surface area (Å²) in [6, 6.07) is 4.54. The van der Waals surface area contributed by atoms with Crippen LogP contribution in [-0.2, 0) is 11.3 Å². The van der Waals surface area contributed by atoms with E-state index in [1.165, 1.54) is 27.1 Å². The van der Waals surface area contributed by atoms with E-state index in [4.69, 9.17) is 0 Å². The van der Waals surface area contributed by atoms with Crippen LogP contribution in [0, 0.1) is 6.92 Å². The fourth-order valence-corrected chi connectivity index (χ4v) is 5.84. The molecule has 1 amide bonds. The third-order valence-corrected chi connectivity index (χ3v) is 7.27. The van der Waals surface area contributed by atoms with Gasteiger partial charge in [0.05, 0.1) is 11.7 Å². The molecule has 0 spiro atoms. The zero-order valence-corrected chi connectivity index (χ0v) is 17.4. The second-order valence-electron chi connectivity index (χ2n) is 7.35. The first-order valence-electron chi connectivity index (χ1n) is 9.30. The van der Waals surface area contributed by atoms with Crippen LogP contribution in [0.1, 0.15) is 38.0 Å². The maximum atomic E-state index is 13.1. The number of carbonyl (C=O) groups excluding carboxylic acids is 1. The number of nitrogens with zero attached hydrogens (tertiary/aromatic N) is 3. The summed E-state index contributed by atoms with van der Waals surface area (Å²) < 4.78 is 1.47. The molecule has 3 aromatic rings. The molecule has 0 aromatic carbocycles. The molecule has 0 saturated carbocycles. The molecule has 7 heteroatoms. The zero-order valence-electron chi connectivity index (χ0n) is 15.8. The highest BCUT2D eigenvalue weighted by Crippen LogP contribution is 2.35. The number of amides is 1. The summed E-state index contributed by atoms with van der Waals surface area (Å²) in [7, 11) is 0. The maximum absolute atomic E-state index is 13.1. The summed E-state index contributed by atoms with van der Waals surface area (Å²) in [5, 5.41) is 2.61. The van der Waals surface area contributed by atoms with Gasteiger partial charge in [-0.2, -0.15) is 0 Å². The molecule has 0 N–H and O–H groups in total. The lowest BCUT2D eigenvalue weighted by Crippen LogP contribution is -2.49. The Balaban J connectivity index is 1.70. The third-order valence-electron chi connectivity index (χ3n) is 5.35. The topological polar surface area (TPSA) is 55.2 Å². The molecular weight excluding hydrogens is 378 g/mol. The molecule has 5 nitrogen and oxygen atoms in total. The van der Waals surface area contributed by atoms with E-state index in [9.17, 15) is 9.59 Å². The van der Waals surface area contributed by atoms with Crippen LogP contribution in [-0.4, -0.2) is 32.4 Å². The van der Waals surface area contributed by atoms with Crippen LogP contribution >= 0.6 is 22.7 Å². The van der Waals surface area contributed by atoms with E-state index in [0.717, 1.165) is 34.5 Å². The van der Waals surface area contributed by atoms with E-state index in [1.807, 2.05) is 16.3 Å². The molecule has 1 saturated heterocycles. The predicted molar refractivity (Wildman–Crippen MR) is 112 cm³/mol. The Kier molecular flexibility index (Phi) is 4.90. The largest absolute Gasteiger partial charge is 0.336 e. The molecule has 0 aliphatic carbocycles. The Labute approximate surface area is 166 Å². The van der Waals surface area contributed by atoms with E-state index in [2.05, 4.69) is 31.8 Å². The smallest absolute Gasteiger partial charge is 0.263 e. The molecule has 142 valence electrons. The Morgan fingerprint density at radius 2 is 2.00 bits per heavy atom. The fourth-order valence-electron chi connectivity index (χ4n) is 3.98. The van der Waals surface area contributed by atoms with Crippen molar-refractivity contribution < 1.29 is 4.79 Å². The molecule has 27 heavy (non-hydrogen) atoms. The lowest BCUT2D eigenvalue weighted by molar-refractivity contribution is -0.138. The molecule has 1 fully saturated rings. The molecule has 1 aliphatic heterocycles. The predicted octanol–water partition coefficient (Wildman–Crippen LogP) is 4.28. The van der Waals surface area contributed by atoms with Gasteiger partial charge in [-0.1, -0.05) is 0 Å². The molecule has 0 unspecified atom stereocenters. The van der Waals surface area contributed by atoms with Crippen molar-refractivity contribution in [1.82, 2.24) is 14.5 Å². The monoisotopic (exact) mass is 401 g/mol. The van der Waals surface area contributed by atoms with Gasteiger partial charge < -0.3 is 4.90 Å². The van der Waals surface area contributed by atoms with E-state index >= 15 is 0 Å². The van der Waals surface area contributed by atoms with Crippen LogP contribution in [0.25, 0.3) is 20.7 Å². The van der Waals surface area contributed by atoms with Gasteiger partial charge in [0, 0.05) is 32.8 Å². The van der Waals surface area contributed by atoms with Gasteiger partial charge in [0.2, 0.25) is 5.91 Å². The lowest BCUT2D eigenvalue weighted by Gasteiger charge is -2.39. The van der Waals surface area contributed by atoms with E-state index < -0.39 is 0 Å². The summed E-state index contributed by atoms with van der Waals surface area (Å²) in [5.74, 6) is 0.00157. The van der Waals surface area contributed by atoms with Crippen LogP contribution in [0.5, 0.6) is 0 Å². The third kappa shape index (κ3) is 3.34. The summed E-state index contributed by atoms with van der Waals surface area (Å²) in [6.45, 7) is 6.29. The fraction of sp³-hybridized carbons (Fsp3) is 0.450. The van der Waals surface area contributed by atoms with Crippen LogP contribution in [0.4, 0.5) is 0 Å². The van der Waals surface area contributed by atoms with Gasteiger partial charge in [-0.25, -0.2) is 4.98 Å². The maximum Gasteiger partial charge on any atom is 0.263 e. The molecule has 0 radical (unpaired) electrons. The minimum atomic E-state index is -0.132. The number of carbonyl (C=O) groups is 1. The zero-order chi connectivity index (χ0) is 19.1. The average molecular weight is 402 g/mol. The van der Waals surface area contributed by atoms with E-state index in [1.54, 1.807) is 11.3 Å².